The molecule has 4 aliphatic rings. The van der Waals surface area contributed by atoms with Gasteiger partial charge in [0.05, 0.1) is 17.3 Å². The largest absolute Gasteiger partial charge is 0.438 e. The van der Waals surface area contributed by atoms with E-state index in [1.165, 1.54) is 94.9 Å². The van der Waals surface area contributed by atoms with Crippen molar-refractivity contribution >= 4 is 39.7 Å². The minimum Gasteiger partial charge on any atom is -0.438 e. The maximum atomic E-state index is 13.6. The van der Waals surface area contributed by atoms with Crippen LogP contribution in [0, 0.1) is 25.5 Å². The molecule has 16 nitrogen and oxygen atoms in total. The number of hydrogen-bond acceptors (Lipinski definition) is 15. The van der Waals surface area contributed by atoms with Crippen LogP contribution < -0.4 is 11.1 Å². The van der Waals surface area contributed by atoms with Crippen LogP contribution in [-0.4, -0.2) is 103 Å². The van der Waals surface area contributed by atoms with Crippen molar-refractivity contribution in [2.75, 3.05) is 58.3 Å². The topological polar surface area (TPSA) is 173 Å². The molecule has 2 saturated heterocycles. The van der Waals surface area contributed by atoms with E-state index >= 15 is 0 Å². The van der Waals surface area contributed by atoms with Crippen molar-refractivity contribution in [1.29, 1.82) is 0 Å². The predicted molar refractivity (Wildman–Crippen MR) is 324 cm³/mol. The van der Waals surface area contributed by atoms with Gasteiger partial charge in [0.15, 0.2) is 18.0 Å². The lowest BCUT2D eigenvalue weighted by Gasteiger charge is -2.31. The summed E-state index contributed by atoms with van der Waals surface area (Å²) >= 11 is 1.64. The summed E-state index contributed by atoms with van der Waals surface area (Å²) in [5.41, 5.74) is 6.09. The van der Waals surface area contributed by atoms with Gasteiger partial charge in [0.2, 0.25) is 0 Å². The molecule has 2 atom stereocenters. The number of ether oxygens (including phenoxy) is 3. The Labute approximate surface area is 498 Å². The lowest BCUT2D eigenvalue weighted by Crippen LogP contribution is -2.38. The maximum absolute atomic E-state index is 13.6. The van der Waals surface area contributed by atoms with Crippen molar-refractivity contribution in [1.82, 2.24) is 39.2 Å². The van der Waals surface area contributed by atoms with E-state index in [-0.39, 0.29) is 53.6 Å². The average molecular weight is 1180 g/mol. The molecule has 2 aromatic carbocycles. The lowest BCUT2D eigenvalue weighted by molar-refractivity contribution is -0.163. The summed E-state index contributed by atoms with van der Waals surface area (Å²) in [4.78, 5) is 53.7. The highest BCUT2D eigenvalue weighted by Crippen LogP contribution is 2.35. The summed E-state index contributed by atoms with van der Waals surface area (Å²) in [6.07, 6.45) is 27.0. The highest BCUT2D eigenvalue weighted by atomic mass is 32.2. The summed E-state index contributed by atoms with van der Waals surface area (Å²) in [7, 11) is 0. The molecule has 6 aromatic rings. The number of aryl methyl sites for hydroxylation is 2. The molecule has 0 amide bonds. The molecule has 0 radical (unpaired) electrons. The number of esters is 1. The molecule has 0 saturated carbocycles. The third kappa shape index (κ3) is 16.8. The van der Waals surface area contributed by atoms with Crippen molar-refractivity contribution in [3.05, 3.63) is 114 Å². The van der Waals surface area contributed by atoms with Gasteiger partial charge in [-0.05, 0) is 141 Å². The molecular formula is C65H90F2N8O8S. The molecule has 458 valence electrons. The Bertz CT molecular complexity index is 3180. The second-order valence-corrected chi connectivity index (χ2v) is 24.6. The van der Waals surface area contributed by atoms with Crippen LogP contribution >= 0.6 is 11.8 Å². The van der Waals surface area contributed by atoms with Gasteiger partial charge in [0.1, 0.15) is 35.5 Å². The average Bonchev–Trinajstić information content (AvgIpc) is 3.40. The van der Waals surface area contributed by atoms with E-state index in [9.17, 15) is 23.2 Å². The van der Waals surface area contributed by atoms with Crippen molar-refractivity contribution in [3.8, 4) is 0 Å². The quantitative estimate of drug-likeness (QED) is 0.0258. The zero-order valence-corrected chi connectivity index (χ0v) is 51.1. The molecule has 8 heterocycles. The number of carbonyl (C=O) groups excluding carboxylic acids is 1. The van der Waals surface area contributed by atoms with E-state index < -0.39 is 0 Å². The van der Waals surface area contributed by atoms with Crippen LogP contribution in [0.3, 0.4) is 0 Å². The van der Waals surface area contributed by atoms with E-state index in [0.29, 0.717) is 61.2 Å². The Morgan fingerprint density at radius 3 is 1.50 bits per heavy atom. The van der Waals surface area contributed by atoms with Crippen LogP contribution in [0.25, 0.3) is 21.9 Å². The Morgan fingerprint density at radius 2 is 1.05 bits per heavy atom. The van der Waals surface area contributed by atoms with E-state index in [2.05, 4.69) is 27.0 Å². The van der Waals surface area contributed by atoms with E-state index in [1.54, 1.807) is 28.5 Å². The first-order chi connectivity index (χ1) is 41.0. The molecule has 2 unspecified atom stereocenters. The summed E-state index contributed by atoms with van der Waals surface area (Å²) in [6, 6.07) is 9.22. The summed E-state index contributed by atoms with van der Waals surface area (Å²) in [6.45, 7) is 12.6. The Kier molecular flexibility index (Phi) is 24.0. The van der Waals surface area contributed by atoms with Crippen LogP contribution in [0.2, 0.25) is 0 Å². The minimum absolute atomic E-state index is 0.0105. The number of carbonyl (C=O) groups is 1. The first kappa shape index (κ1) is 63.2. The Hall–Kier alpha value is -5.34. The van der Waals surface area contributed by atoms with Gasteiger partial charge in [0, 0.05) is 89.9 Å². The summed E-state index contributed by atoms with van der Waals surface area (Å²) in [5, 5.41) is 10.3. The van der Waals surface area contributed by atoms with Crippen LogP contribution in [-0.2, 0) is 44.9 Å². The maximum Gasteiger partial charge on any atom is 0.307 e. The van der Waals surface area contributed by atoms with Gasteiger partial charge in [-0.1, -0.05) is 94.3 Å². The number of hydrogen-bond donors (Lipinski definition) is 0. The number of nitrogens with zero attached hydrogens (tertiary/aromatic N) is 8. The minimum atomic E-state index is -0.364. The Balaban J connectivity index is 0.000000216. The first-order valence-corrected chi connectivity index (χ1v) is 33.0. The monoisotopic (exact) mass is 1180 g/mol. The first-order valence-electron chi connectivity index (χ1n) is 31.6. The summed E-state index contributed by atoms with van der Waals surface area (Å²) in [5.74, 6) is 1.74. The third-order valence-electron chi connectivity index (χ3n) is 17.9. The standard InChI is InChI=1S/C40H59FN4O5.C25H31FN4O3S/c1-3-4-5-6-7-8-9-10-11-12-13-14-15-18-37(46)49-29-48-35-17-16-24-45-39(35)42-30(2)33(40(45)47)23-27-44-25-21-31(22-26-44)38-34-20-19-32(41)28-36(34)50-43-38;1-16-19(25(31)30-10-3-4-21(24(30)27-16)32-15-34-2)9-13-29-11-7-17(8-12-29)23-20-6-5-18(26)14-22(20)33-28-23/h19-20,28,31,35H,3-18,21-27,29H2,1-2H3;5-6,14,17,21H,3-4,7-13,15H2,1-2H3. The molecule has 84 heavy (non-hydrogen) atoms. The van der Waals surface area contributed by atoms with Gasteiger partial charge >= 0.3 is 5.97 Å². The molecule has 2 fully saturated rings. The fourth-order valence-corrected chi connectivity index (χ4v) is 13.2. The van der Waals surface area contributed by atoms with Crippen LogP contribution in [0.4, 0.5) is 8.78 Å². The number of halogens is 2. The molecule has 10 rings (SSSR count). The van der Waals surface area contributed by atoms with Crippen molar-refractivity contribution in [2.24, 2.45) is 0 Å². The van der Waals surface area contributed by atoms with Crippen molar-refractivity contribution < 1.29 is 36.8 Å². The zero-order valence-electron chi connectivity index (χ0n) is 50.3. The molecule has 0 spiro atoms. The molecule has 0 bridgehead atoms. The normalized spacial score (nSPS) is 18.0. The number of unbranched alkanes of at least 4 members (excludes halogenated alkanes) is 12. The van der Waals surface area contributed by atoms with Crippen molar-refractivity contribution in [3.63, 3.8) is 0 Å². The Morgan fingerprint density at radius 1 is 0.607 bits per heavy atom. The van der Waals surface area contributed by atoms with Gasteiger partial charge in [0.25, 0.3) is 11.1 Å². The smallest absolute Gasteiger partial charge is 0.307 e. The number of aromatic nitrogens is 6. The number of rotatable bonds is 28. The number of piperidine rings is 2. The van der Waals surface area contributed by atoms with Crippen LogP contribution in [0.5, 0.6) is 0 Å². The fraction of sp³-hybridized carbons (Fsp3) is 0.646. The molecule has 4 aliphatic heterocycles. The summed E-state index contributed by atoms with van der Waals surface area (Å²) < 4.78 is 58.7. The molecule has 4 aromatic heterocycles. The van der Waals surface area contributed by atoms with Gasteiger partial charge in [-0.2, -0.15) is 0 Å². The highest BCUT2D eigenvalue weighted by molar-refractivity contribution is 7.98. The van der Waals surface area contributed by atoms with Crippen LogP contribution in [0.15, 0.2) is 55.0 Å². The van der Waals surface area contributed by atoms with Gasteiger partial charge in [-0.15, -0.1) is 11.8 Å². The number of likely N-dealkylation sites (tertiary alicyclic amines) is 2. The van der Waals surface area contributed by atoms with Gasteiger partial charge in [-0.3, -0.25) is 23.5 Å². The zero-order chi connectivity index (χ0) is 58.8. The van der Waals surface area contributed by atoms with Crippen LogP contribution in [0.1, 0.15) is 218 Å². The third-order valence-corrected chi connectivity index (χ3v) is 18.2. The number of thioether (sulfide) groups is 1. The molecule has 0 aliphatic carbocycles. The molecule has 19 heteroatoms. The van der Waals surface area contributed by atoms with Gasteiger partial charge in [-0.25, -0.2) is 18.7 Å². The van der Waals surface area contributed by atoms with Crippen molar-refractivity contribution in [2.45, 2.75) is 212 Å². The predicted octanol–water partition coefficient (Wildman–Crippen LogP) is 13.5. The molecule has 0 N–H and O–H groups in total. The van der Waals surface area contributed by atoms with E-state index in [0.717, 1.165) is 154 Å². The van der Waals surface area contributed by atoms with E-state index in [4.69, 9.17) is 33.2 Å². The number of benzene rings is 2. The second kappa shape index (κ2) is 31.9. The lowest BCUT2D eigenvalue weighted by atomic mass is 9.91. The molecular weight excluding hydrogens is 1090 g/mol. The SMILES string of the molecule is CCCCCCCCCCCCCCCC(=O)OCOC1CCCn2c1nc(C)c(CCN1CCC(c3noc4cc(F)ccc34)CC1)c2=O.CSCOC1CCCn2c1nc(C)c(CCN1CCC(c3noc4cc(F)ccc34)CC1)c2=O. The fourth-order valence-electron chi connectivity index (χ4n) is 12.9. The second-order valence-electron chi connectivity index (χ2n) is 23.8. The van der Waals surface area contributed by atoms with E-state index in [1.807, 2.05) is 24.7 Å². The number of fused-ring (bicyclic) bond motifs is 4. The van der Waals surface area contributed by atoms with Gasteiger partial charge < -0.3 is 33.1 Å². The highest BCUT2D eigenvalue weighted by Gasteiger charge is 2.31.